The van der Waals surface area contributed by atoms with Crippen molar-refractivity contribution in [1.82, 2.24) is 15.0 Å². The van der Waals surface area contributed by atoms with Gasteiger partial charge in [-0.3, -0.25) is 0 Å². The van der Waals surface area contributed by atoms with Crippen LogP contribution in [0.3, 0.4) is 0 Å². The quantitative estimate of drug-likeness (QED) is 0.352. The number of fused-ring (bicyclic) bond motifs is 2. The van der Waals surface area contributed by atoms with Gasteiger partial charge in [0, 0.05) is 16.0 Å². The maximum Gasteiger partial charge on any atom is 0.339 e. The van der Waals surface area contributed by atoms with Gasteiger partial charge in [-0.2, -0.15) is 0 Å². The standard InChI is InChI=1S/C25H18ClN3O2/c1-15-23(25(30)31-14-22-27-20-11-4-5-12-21(20)28-22)18-9-2-3-10-19(18)29-24(15)16-7-6-8-17(26)13-16/h2-13H,14H2,1H3,(H,27,28). The molecule has 31 heavy (non-hydrogen) atoms. The topological polar surface area (TPSA) is 67.9 Å². The SMILES string of the molecule is Cc1c(-c2cccc(Cl)c2)nc2ccccc2c1C(=O)OCc1nc2ccccc2[nH]1. The molecule has 5 nitrogen and oxygen atoms in total. The molecule has 3 aromatic carbocycles. The molecule has 2 heterocycles. The Morgan fingerprint density at radius 2 is 1.74 bits per heavy atom. The molecule has 0 saturated carbocycles. The molecule has 0 radical (unpaired) electrons. The first kappa shape index (κ1) is 19.3. The van der Waals surface area contributed by atoms with E-state index < -0.39 is 5.97 Å². The van der Waals surface area contributed by atoms with Crippen molar-refractivity contribution in [3.8, 4) is 11.3 Å². The van der Waals surface area contributed by atoms with E-state index in [1.807, 2.05) is 79.7 Å². The Balaban J connectivity index is 1.54. The second-order valence-electron chi connectivity index (χ2n) is 7.26. The number of nitrogens with zero attached hydrogens (tertiary/aromatic N) is 2. The molecule has 0 fully saturated rings. The number of hydrogen-bond acceptors (Lipinski definition) is 4. The molecule has 0 aliphatic carbocycles. The number of carbonyl (C=O) groups is 1. The van der Waals surface area contributed by atoms with Crippen molar-refractivity contribution in [2.75, 3.05) is 0 Å². The average molecular weight is 428 g/mol. The van der Waals surface area contributed by atoms with E-state index in [2.05, 4.69) is 9.97 Å². The number of para-hydroxylation sites is 3. The Morgan fingerprint density at radius 3 is 2.55 bits per heavy atom. The molecule has 0 bridgehead atoms. The third-order valence-corrected chi connectivity index (χ3v) is 5.45. The summed E-state index contributed by atoms with van der Waals surface area (Å²) in [5.41, 5.74) is 5.26. The number of esters is 1. The molecular weight excluding hydrogens is 410 g/mol. The van der Waals surface area contributed by atoms with Crippen LogP contribution < -0.4 is 0 Å². The molecule has 5 aromatic rings. The number of ether oxygens (including phenoxy) is 1. The van der Waals surface area contributed by atoms with E-state index in [1.54, 1.807) is 0 Å². The Kier molecular flexibility index (Phi) is 4.88. The number of pyridine rings is 1. The largest absolute Gasteiger partial charge is 0.454 e. The van der Waals surface area contributed by atoms with Crippen molar-refractivity contribution in [2.45, 2.75) is 13.5 Å². The lowest BCUT2D eigenvalue weighted by Crippen LogP contribution is -2.10. The van der Waals surface area contributed by atoms with E-state index in [0.717, 1.165) is 33.1 Å². The van der Waals surface area contributed by atoms with Gasteiger partial charge in [-0.15, -0.1) is 0 Å². The second kappa shape index (κ2) is 7.85. The van der Waals surface area contributed by atoms with Crippen LogP contribution in [0, 0.1) is 6.92 Å². The number of halogens is 1. The molecule has 6 heteroatoms. The van der Waals surface area contributed by atoms with Gasteiger partial charge in [-0.25, -0.2) is 14.8 Å². The molecule has 0 unspecified atom stereocenters. The first-order valence-electron chi connectivity index (χ1n) is 9.86. The van der Waals surface area contributed by atoms with E-state index in [0.29, 0.717) is 22.1 Å². The summed E-state index contributed by atoms with van der Waals surface area (Å²) in [6, 6.07) is 22.7. The number of H-pyrrole nitrogens is 1. The third-order valence-electron chi connectivity index (χ3n) is 5.22. The number of nitrogens with one attached hydrogen (secondary N) is 1. The molecule has 0 aliphatic rings. The van der Waals surface area contributed by atoms with Crippen LogP contribution in [0.1, 0.15) is 21.7 Å². The van der Waals surface area contributed by atoms with Crippen LogP contribution in [0.4, 0.5) is 0 Å². The van der Waals surface area contributed by atoms with Crippen LogP contribution in [0.15, 0.2) is 72.8 Å². The molecule has 0 amide bonds. The summed E-state index contributed by atoms with van der Waals surface area (Å²) >= 11 is 6.19. The fourth-order valence-corrected chi connectivity index (χ4v) is 3.96. The zero-order valence-electron chi connectivity index (χ0n) is 16.7. The van der Waals surface area contributed by atoms with E-state index in [-0.39, 0.29) is 6.61 Å². The van der Waals surface area contributed by atoms with Crippen molar-refractivity contribution in [1.29, 1.82) is 0 Å². The summed E-state index contributed by atoms with van der Waals surface area (Å²) in [7, 11) is 0. The van der Waals surface area contributed by atoms with Gasteiger partial charge in [-0.05, 0) is 42.8 Å². The van der Waals surface area contributed by atoms with Gasteiger partial charge in [0.25, 0.3) is 0 Å². The first-order valence-corrected chi connectivity index (χ1v) is 10.2. The molecule has 5 rings (SSSR count). The van der Waals surface area contributed by atoms with Crippen LogP contribution in [-0.2, 0) is 11.3 Å². The van der Waals surface area contributed by atoms with Gasteiger partial charge in [0.05, 0.1) is 27.8 Å². The lowest BCUT2D eigenvalue weighted by Gasteiger charge is -2.14. The highest BCUT2D eigenvalue weighted by Crippen LogP contribution is 2.31. The van der Waals surface area contributed by atoms with Crippen molar-refractivity contribution in [3.05, 3.63) is 94.8 Å². The molecule has 2 aromatic heterocycles. The Morgan fingerprint density at radius 1 is 0.968 bits per heavy atom. The second-order valence-corrected chi connectivity index (χ2v) is 7.70. The van der Waals surface area contributed by atoms with E-state index >= 15 is 0 Å². The maximum absolute atomic E-state index is 13.2. The maximum atomic E-state index is 13.2. The number of rotatable bonds is 4. The summed E-state index contributed by atoms with van der Waals surface area (Å²) in [6.45, 7) is 1.93. The van der Waals surface area contributed by atoms with E-state index in [1.165, 1.54) is 0 Å². The Hall–Kier alpha value is -3.70. The van der Waals surface area contributed by atoms with Crippen molar-refractivity contribution in [2.24, 2.45) is 0 Å². The van der Waals surface area contributed by atoms with E-state index in [9.17, 15) is 4.79 Å². The third kappa shape index (κ3) is 3.64. The van der Waals surface area contributed by atoms with Crippen LogP contribution >= 0.6 is 11.6 Å². The van der Waals surface area contributed by atoms with E-state index in [4.69, 9.17) is 21.3 Å². The molecule has 0 spiro atoms. The normalized spacial score (nSPS) is 11.2. The summed E-state index contributed by atoms with van der Waals surface area (Å²) in [5, 5.41) is 1.36. The summed E-state index contributed by atoms with van der Waals surface area (Å²) in [4.78, 5) is 25.7. The molecule has 0 aliphatic heterocycles. The molecule has 0 saturated heterocycles. The van der Waals surface area contributed by atoms with Gasteiger partial charge in [0.15, 0.2) is 0 Å². The predicted octanol–water partition coefficient (Wildman–Crippen LogP) is 6.10. The minimum Gasteiger partial charge on any atom is -0.454 e. The number of aromatic amines is 1. The molecule has 0 atom stereocenters. The van der Waals surface area contributed by atoms with Gasteiger partial charge in [0.1, 0.15) is 12.4 Å². The highest BCUT2D eigenvalue weighted by molar-refractivity contribution is 6.30. The monoisotopic (exact) mass is 427 g/mol. The average Bonchev–Trinajstić information content (AvgIpc) is 3.20. The Labute approximate surface area is 183 Å². The molecular formula is C25H18ClN3O2. The summed E-state index contributed by atoms with van der Waals surface area (Å²) in [6.07, 6.45) is 0. The summed E-state index contributed by atoms with van der Waals surface area (Å²) in [5.74, 6) is 0.181. The van der Waals surface area contributed by atoms with Crippen LogP contribution in [0.5, 0.6) is 0 Å². The minimum atomic E-state index is -0.417. The van der Waals surface area contributed by atoms with Crippen molar-refractivity contribution >= 4 is 39.5 Å². The highest BCUT2D eigenvalue weighted by atomic mass is 35.5. The molecule has 152 valence electrons. The zero-order valence-corrected chi connectivity index (χ0v) is 17.5. The van der Waals surface area contributed by atoms with Gasteiger partial charge in [-0.1, -0.05) is 54.1 Å². The fraction of sp³-hybridized carbons (Fsp3) is 0.0800. The number of hydrogen-bond donors (Lipinski definition) is 1. The Bertz CT molecular complexity index is 1410. The van der Waals surface area contributed by atoms with Gasteiger partial charge in [0.2, 0.25) is 0 Å². The fourth-order valence-electron chi connectivity index (χ4n) is 3.77. The number of aromatic nitrogens is 3. The minimum absolute atomic E-state index is 0.0517. The van der Waals surface area contributed by atoms with Gasteiger partial charge >= 0.3 is 5.97 Å². The lowest BCUT2D eigenvalue weighted by molar-refractivity contribution is 0.0465. The summed E-state index contributed by atoms with van der Waals surface area (Å²) < 4.78 is 5.66. The first-order chi connectivity index (χ1) is 15.1. The van der Waals surface area contributed by atoms with Crippen molar-refractivity contribution in [3.63, 3.8) is 0 Å². The number of benzene rings is 3. The smallest absolute Gasteiger partial charge is 0.339 e. The predicted molar refractivity (Wildman–Crippen MR) is 122 cm³/mol. The number of carbonyl (C=O) groups excluding carboxylic acids is 1. The zero-order chi connectivity index (χ0) is 21.4. The van der Waals surface area contributed by atoms with Crippen LogP contribution in [-0.4, -0.2) is 20.9 Å². The van der Waals surface area contributed by atoms with Gasteiger partial charge < -0.3 is 9.72 Å². The van der Waals surface area contributed by atoms with Crippen LogP contribution in [0.25, 0.3) is 33.2 Å². The lowest BCUT2D eigenvalue weighted by atomic mass is 9.98. The number of imidazole rings is 1. The van der Waals surface area contributed by atoms with Crippen molar-refractivity contribution < 1.29 is 9.53 Å². The van der Waals surface area contributed by atoms with Crippen LogP contribution in [0.2, 0.25) is 5.02 Å². The molecule has 1 N–H and O–H groups in total. The highest BCUT2D eigenvalue weighted by Gasteiger charge is 2.20.